The molecule has 6 atom stereocenters. The fraction of sp³-hybridized carbons (Fsp3) is 0.938. The van der Waals surface area contributed by atoms with Crippen molar-refractivity contribution in [2.45, 2.75) is 59.4 Å². The Kier molecular flexibility index (Phi) is 2.47. The molecule has 0 spiro atoms. The van der Waals surface area contributed by atoms with Gasteiger partial charge in [0.1, 0.15) is 0 Å². The van der Waals surface area contributed by atoms with Crippen molar-refractivity contribution >= 4 is 0 Å². The predicted octanol–water partition coefficient (Wildman–Crippen LogP) is 2.83. The minimum absolute atomic E-state index is 0.569. The van der Waals surface area contributed by atoms with Gasteiger partial charge in [0.05, 0.1) is 6.04 Å². The zero-order valence-electron chi connectivity index (χ0n) is 12.0. The van der Waals surface area contributed by atoms with E-state index in [4.69, 9.17) is 0 Å². The standard InChI is InChI=1S/C16H29N/c1-10(2)11-7-15(3)9-16(4)8-12(11)13(15)6-14(16)17-5/h10-14H,5-9,17H2,1-4H3/t11-,12-,13-,14-,15-,16+/m0/s1. The molecule has 0 aromatic heterocycles. The van der Waals surface area contributed by atoms with E-state index in [1.54, 1.807) is 0 Å². The molecular formula is C16H29N. The molecule has 4 fully saturated rings. The molecule has 0 amide bonds. The van der Waals surface area contributed by atoms with Crippen LogP contribution in [0.2, 0.25) is 0 Å². The third-order valence-electron chi connectivity index (χ3n) is 6.72. The molecule has 1 nitrogen and oxygen atoms in total. The van der Waals surface area contributed by atoms with Crippen LogP contribution in [0, 0.1) is 41.5 Å². The molecule has 0 aromatic rings. The average Bonchev–Trinajstić information content (AvgIpc) is 2.43. The van der Waals surface area contributed by atoms with Gasteiger partial charge in [-0.3, -0.25) is 0 Å². The van der Waals surface area contributed by atoms with E-state index in [0.29, 0.717) is 10.8 Å². The summed E-state index contributed by atoms with van der Waals surface area (Å²) in [6, 6.07) is 0.794. The number of hydrogen-bond donors (Lipinski definition) is 1. The Labute approximate surface area is 107 Å². The van der Waals surface area contributed by atoms with Gasteiger partial charge in [-0.25, -0.2) is 0 Å². The van der Waals surface area contributed by atoms with E-state index in [1.807, 2.05) is 0 Å². The van der Waals surface area contributed by atoms with Gasteiger partial charge in [0.2, 0.25) is 0 Å². The van der Waals surface area contributed by atoms with Crippen LogP contribution in [0.1, 0.15) is 53.4 Å². The summed E-state index contributed by atoms with van der Waals surface area (Å²) in [6.07, 6.45) is 5.87. The van der Waals surface area contributed by atoms with E-state index in [2.05, 4.69) is 40.1 Å². The van der Waals surface area contributed by atoms with Gasteiger partial charge in [0.15, 0.2) is 0 Å². The van der Waals surface area contributed by atoms with Gasteiger partial charge in [0, 0.05) is 11.8 Å². The van der Waals surface area contributed by atoms with E-state index >= 15 is 0 Å². The lowest BCUT2D eigenvalue weighted by Gasteiger charge is -2.57. The van der Waals surface area contributed by atoms with Gasteiger partial charge in [-0.05, 0) is 48.3 Å². The number of fused-ring (bicyclic) bond motifs is 1. The van der Waals surface area contributed by atoms with Crippen LogP contribution in [0.3, 0.4) is 0 Å². The SMILES string of the molecule is [CH2-][NH2+][C@H]1C[C@H]2[C@H]3C[C@]1(C)C[C@]2(C)C[C@H]3C(C)C. The zero-order valence-corrected chi connectivity index (χ0v) is 12.0. The Morgan fingerprint density at radius 3 is 2.41 bits per heavy atom. The zero-order chi connectivity index (χ0) is 12.4. The van der Waals surface area contributed by atoms with E-state index in [1.165, 1.54) is 25.7 Å². The molecule has 0 aromatic carbocycles. The first-order valence-corrected chi connectivity index (χ1v) is 7.52. The van der Waals surface area contributed by atoms with Crippen molar-refractivity contribution in [3.05, 3.63) is 7.05 Å². The molecule has 4 aliphatic carbocycles. The van der Waals surface area contributed by atoms with Crippen LogP contribution in [-0.2, 0) is 0 Å². The second kappa shape index (κ2) is 3.50. The van der Waals surface area contributed by atoms with Crippen LogP contribution in [0.5, 0.6) is 0 Å². The molecule has 17 heavy (non-hydrogen) atoms. The normalized spacial score (nSPS) is 56.8. The van der Waals surface area contributed by atoms with Gasteiger partial charge < -0.3 is 5.32 Å². The third-order valence-corrected chi connectivity index (χ3v) is 6.72. The molecule has 4 rings (SSSR count). The van der Waals surface area contributed by atoms with E-state index in [0.717, 1.165) is 29.7 Å². The minimum Gasteiger partial charge on any atom is -0.476 e. The topological polar surface area (TPSA) is 16.6 Å². The van der Waals surface area contributed by atoms with Crippen LogP contribution in [-0.4, -0.2) is 6.04 Å². The molecule has 4 aliphatic rings. The summed E-state index contributed by atoms with van der Waals surface area (Å²) in [5, 5.41) is 2.26. The van der Waals surface area contributed by atoms with E-state index in [-0.39, 0.29) is 0 Å². The van der Waals surface area contributed by atoms with Gasteiger partial charge >= 0.3 is 0 Å². The maximum absolute atomic E-state index is 4.10. The maximum atomic E-state index is 4.10. The van der Waals surface area contributed by atoms with Crippen molar-refractivity contribution in [3.63, 3.8) is 0 Å². The molecular weight excluding hydrogens is 206 g/mol. The first kappa shape index (κ1) is 12.0. The van der Waals surface area contributed by atoms with E-state index < -0.39 is 0 Å². The quantitative estimate of drug-likeness (QED) is 0.709. The maximum Gasteiger partial charge on any atom is 0.0677 e. The molecule has 98 valence electrons. The minimum atomic E-state index is 0.569. The number of nitrogens with two attached hydrogens (primary N) is 1. The Morgan fingerprint density at radius 1 is 1.18 bits per heavy atom. The lowest BCUT2D eigenvalue weighted by Crippen LogP contribution is -2.89. The van der Waals surface area contributed by atoms with Gasteiger partial charge in [-0.1, -0.05) is 27.7 Å². The largest absolute Gasteiger partial charge is 0.476 e. The molecule has 4 bridgehead atoms. The summed E-state index contributed by atoms with van der Waals surface area (Å²) in [7, 11) is 4.10. The van der Waals surface area contributed by atoms with Crippen molar-refractivity contribution in [2.24, 2.45) is 34.5 Å². The Balaban J connectivity index is 1.94. The first-order valence-electron chi connectivity index (χ1n) is 7.52. The number of quaternary nitrogens is 1. The van der Waals surface area contributed by atoms with E-state index in [9.17, 15) is 0 Å². The van der Waals surface area contributed by atoms with Gasteiger partial charge in [0.25, 0.3) is 0 Å². The lowest BCUT2D eigenvalue weighted by atomic mass is 9.49. The van der Waals surface area contributed by atoms with Crippen LogP contribution >= 0.6 is 0 Å². The summed E-state index contributed by atoms with van der Waals surface area (Å²) in [4.78, 5) is 0. The lowest BCUT2D eigenvalue weighted by molar-refractivity contribution is -0.659. The molecule has 0 heterocycles. The highest BCUT2D eigenvalue weighted by Crippen LogP contribution is 2.69. The molecule has 0 unspecified atom stereocenters. The second-order valence-electron chi connectivity index (χ2n) is 8.15. The summed E-state index contributed by atoms with van der Waals surface area (Å²) in [5.74, 6) is 3.90. The van der Waals surface area contributed by atoms with Gasteiger partial charge in [-0.2, -0.15) is 7.05 Å². The highest BCUT2D eigenvalue weighted by Gasteiger charge is 2.64. The highest BCUT2D eigenvalue weighted by atomic mass is 14.9. The van der Waals surface area contributed by atoms with Crippen molar-refractivity contribution in [3.8, 4) is 0 Å². The predicted molar refractivity (Wildman–Crippen MR) is 71.1 cm³/mol. The fourth-order valence-corrected chi connectivity index (χ4v) is 6.10. The molecule has 0 aliphatic heterocycles. The number of rotatable bonds is 2. The fourth-order valence-electron chi connectivity index (χ4n) is 6.10. The van der Waals surface area contributed by atoms with Crippen molar-refractivity contribution in [1.29, 1.82) is 0 Å². The van der Waals surface area contributed by atoms with Crippen LogP contribution in [0.15, 0.2) is 0 Å². The Hall–Kier alpha value is -0.0400. The van der Waals surface area contributed by atoms with Crippen molar-refractivity contribution in [1.82, 2.24) is 0 Å². The molecule has 0 saturated heterocycles. The summed E-state index contributed by atoms with van der Waals surface area (Å²) >= 11 is 0. The molecule has 4 saturated carbocycles. The van der Waals surface area contributed by atoms with Crippen molar-refractivity contribution in [2.75, 3.05) is 0 Å². The van der Waals surface area contributed by atoms with Crippen LogP contribution < -0.4 is 5.32 Å². The van der Waals surface area contributed by atoms with Crippen molar-refractivity contribution < 1.29 is 5.32 Å². The smallest absolute Gasteiger partial charge is 0.0677 e. The summed E-state index contributed by atoms with van der Waals surface area (Å²) in [5.41, 5.74) is 1.23. The van der Waals surface area contributed by atoms with Gasteiger partial charge in [-0.15, -0.1) is 0 Å². The summed E-state index contributed by atoms with van der Waals surface area (Å²) in [6.45, 7) is 10.0. The monoisotopic (exact) mass is 235 g/mol. The highest BCUT2D eigenvalue weighted by molar-refractivity contribution is 5.13. The second-order valence-corrected chi connectivity index (χ2v) is 8.15. The number of hydrogen-bond acceptors (Lipinski definition) is 0. The molecule has 2 N–H and O–H groups in total. The third kappa shape index (κ3) is 1.47. The Morgan fingerprint density at radius 2 is 1.88 bits per heavy atom. The first-order chi connectivity index (χ1) is 7.89. The molecule has 1 heteroatoms. The Bertz CT molecular complexity index is 323. The molecule has 0 radical (unpaired) electrons. The average molecular weight is 235 g/mol. The summed E-state index contributed by atoms with van der Waals surface area (Å²) < 4.78 is 0. The van der Waals surface area contributed by atoms with Crippen LogP contribution in [0.25, 0.3) is 0 Å². The van der Waals surface area contributed by atoms with Crippen LogP contribution in [0.4, 0.5) is 0 Å².